The van der Waals surface area contributed by atoms with Gasteiger partial charge in [0.15, 0.2) is 5.13 Å². The number of carbonyl (C=O) groups is 1. The normalized spacial score (nSPS) is 15.1. The maximum absolute atomic E-state index is 12.5. The van der Waals surface area contributed by atoms with Crippen molar-refractivity contribution in [1.29, 1.82) is 0 Å². The van der Waals surface area contributed by atoms with E-state index in [1.54, 1.807) is 54.0 Å². The highest BCUT2D eigenvalue weighted by molar-refractivity contribution is 7.92. The highest BCUT2D eigenvalue weighted by Gasteiger charge is 2.22. The maximum atomic E-state index is 12.5. The van der Waals surface area contributed by atoms with Crippen LogP contribution in [0.3, 0.4) is 0 Å². The number of nitrogens with zero attached hydrogens (tertiary/aromatic N) is 4. The molecular weight excluding hydrogens is 422 g/mol. The van der Waals surface area contributed by atoms with Crippen LogP contribution in [0.25, 0.3) is 16.4 Å². The van der Waals surface area contributed by atoms with E-state index < -0.39 is 10.0 Å². The summed E-state index contributed by atoms with van der Waals surface area (Å²) in [7, 11) is -3.30. The van der Waals surface area contributed by atoms with Gasteiger partial charge in [0.05, 0.1) is 6.26 Å². The number of hydrogen-bond acceptors (Lipinski definition) is 7. The van der Waals surface area contributed by atoms with Gasteiger partial charge in [0, 0.05) is 44.1 Å². The Bertz CT molecular complexity index is 1150. The number of rotatable bonds is 5. The molecule has 0 radical (unpaired) electrons. The van der Waals surface area contributed by atoms with Gasteiger partial charge in [-0.1, -0.05) is 23.5 Å². The molecule has 2 aromatic heterocycles. The molecule has 0 atom stereocenters. The summed E-state index contributed by atoms with van der Waals surface area (Å²) >= 11 is 1.57. The second-order valence-corrected chi connectivity index (χ2v) is 9.67. The van der Waals surface area contributed by atoms with Crippen LogP contribution in [-0.4, -0.2) is 61.6 Å². The van der Waals surface area contributed by atoms with E-state index in [0.29, 0.717) is 18.8 Å². The zero-order chi connectivity index (χ0) is 21.1. The predicted octanol–water partition coefficient (Wildman–Crippen LogP) is 2.42. The van der Waals surface area contributed by atoms with E-state index in [0.717, 1.165) is 40.4 Å². The Morgan fingerprint density at radius 3 is 2.53 bits per heavy atom. The number of nitrogens with one attached hydrogen (secondary N) is 1. The number of aromatic nitrogens is 2. The van der Waals surface area contributed by atoms with Gasteiger partial charge in [0.2, 0.25) is 15.9 Å². The molecule has 0 bridgehead atoms. The van der Waals surface area contributed by atoms with Gasteiger partial charge in [-0.05, 0) is 35.9 Å². The minimum atomic E-state index is -3.30. The molecule has 1 aliphatic heterocycles. The molecule has 1 N–H and O–H groups in total. The fourth-order valence-electron chi connectivity index (χ4n) is 3.16. The first-order valence-corrected chi connectivity index (χ1v) is 12.1. The van der Waals surface area contributed by atoms with Crippen molar-refractivity contribution in [3.63, 3.8) is 0 Å². The molecule has 30 heavy (non-hydrogen) atoms. The smallest absolute Gasteiger partial charge is 0.246 e. The number of anilines is 2. The molecule has 1 aromatic carbocycles. The molecule has 8 nitrogen and oxygen atoms in total. The predicted molar refractivity (Wildman–Crippen MR) is 120 cm³/mol. The quantitative estimate of drug-likeness (QED) is 0.609. The van der Waals surface area contributed by atoms with Crippen molar-refractivity contribution in [3.05, 3.63) is 54.2 Å². The van der Waals surface area contributed by atoms with E-state index in [9.17, 15) is 13.2 Å². The molecule has 1 fully saturated rings. The molecule has 10 heteroatoms. The summed E-state index contributed by atoms with van der Waals surface area (Å²) in [5, 5.41) is 0.939. The Labute approximate surface area is 178 Å². The number of pyridine rings is 1. The SMILES string of the molecule is CS(=O)(=O)Nc1ccc(/C=C/C(=O)N2CCN(c3nc4cccnc4s3)CC2)cc1. The molecule has 1 saturated heterocycles. The van der Waals surface area contributed by atoms with Gasteiger partial charge >= 0.3 is 0 Å². The van der Waals surface area contributed by atoms with E-state index in [1.807, 2.05) is 17.0 Å². The van der Waals surface area contributed by atoms with Crippen LogP contribution in [0.1, 0.15) is 5.56 Å². The minimum absolute atomic E-state index is 0.0426. The summed E-state index contributed by atoms with van der Waals surface area (Å²) in [5.74, 6) is -0.0426. The van der Waals surface area contributed by atoms with Crippen molar-refractivity contribution < 1.29 is 13.2 Å². The van der Waals surface area contributed by atoms with Crippen molar-refractivity contribution in [2.24, 2.45) is 0 Å². The third kappa shape index (κ3) is 4.95. The van der Waals surface area contributed by atoms with Crippen LogP contribution in [0.15, 0.2) is 48.7 Å². The molecule has 4 rings (SSSR count). The van der Waals surface area contributed by atoms with Gasteiger partial charge in [-0.2, -0.15) is 0 Å². The number of hydrogen-bond donors (Lipinski definition) is 1. The summed E-state index contributed by atoms with van der Waals surface area (Å²) in [6, 6.07) is 10.7. The van der Waals surface area contributed by atoms with Gasteiger partial charge in [-0.15, -0.1) is 0 Å². The van der Waals surface area contributed by atoms with E-state index in [4.69, 9.17) is 0 Å². The zero-order valence-corrected chi connectivity index (χ0v) is 18.0. The lowest BCUT2D eigenvalue weighted by Crippen LogP contribution is -2.48. The lowest BCUT2D eigenvalue weighted by Gasteiger charge is -2.34. The van der Waals surface area contributed by atoms with Gasteiger partial charge in [0.25, 0.3) is 0 Å². The highest BCUT2D eigenvalue weighted by atomic mass is 32.2. The molecular formula is C20H21N5O3S2. The minimum Gasteiger partial charge on any atom is -0.344 e. The standard InChI is InChI=1S/C20H21N5O3S2/c1-30(27,28)23-16-7-4-15(5-8-16)6-9-18(26)24-11-13-25(14-12-24)20-22-17-3-2-10-21-19(17)29-20/h2-10,23H,11-14H2,1H3/b9-6+. The highest BCUT2D eigenvalue weighted by Crippen LogP contribution is 2.27. The Kier molecular flexibility index (Phi) is 5.69. The second-order valence-electron chi connectivity index (χ2n) is 6.97. The average Bonchev–Trinajstić information content (AvgIpc) is 3.16. The van der Waals surface area contributed by atoms with Crippen LogP contribution in [0.2, 0.25) is 0 Å². The van der Waals surface area contributed by atoms with Crippen LogP contribution in [-0.2, 0) is 14.8 Å². The second kappa shape index (κ2) is 8.41. The largest absolute Gasteiger partial charge is 0.344 e. The molecule has 3 heterocycles. The fraction of sp³-hybridized carbons (Fsp3) is 0.250. The Morgan fingerprint density at radius 1 is 1.13 bits per heavy atom. The Hall–Kier alpha value is -2.98. The zero-order valence-electron chi connectivity index (χ0n) is 16.4. The number of piperazine rings is 1. The van der Waals surface area contributed by atoms with Crippen molar-refractivity contribution in [2.45, 2.75) is 0 Å². The van der Waals surface area contributed by atoms with Crippen molar-refractivity contribution >= 4 is 54.5 Å². The third-order valence-corrected chi connectivity index (χ3v) is 6.30. The van der Waals surface area contributed by atoms with E-state index in [2.05, 4.69) is 19.6 Å². The molecule has 156 valence electrons. The third-order valence-electron chi connectivity index (χ3n) is 4.65. The maximum Gasteiger partial charge on any atom is 0.246 e. The van der Waals surface area contributed by atoms with Crippen LogP contribution in [0.4, 0.5) is 10.8 Å². The number of thiazole rings is 1. The Morgan fingerprint density at radius 2 is 1.87 bits per heavy atom. The number of carbonyl (C=O) groups excluding carboxylic acids is 1. The number of benzene rings is 1. The number of amides is 1. The van der Waals surface area contributed by atoms with Crippen LogP contribution in [0.5, 0.6) is 0 Å². The molecule has 0 spiro atoms. The van der Waals surface area contributed by atoms with Crippen molar-refractivity contribution in [2.75, 3.05) is 42.1 Å². The van der Waals surface area contributed by atoms with Crippen molar-refractivity contribution in [1.82, 2.24) is 14.9 Å². The topological polar surface area (TPSA) is 95.5 Å². The first-order valence-electron chi connectivity index (χ1n) is 9.39. The van der Waals surface area contributed by atoms with Gasteiger partial charge in [-0.3, -0.25) is 9.52 Å². The summed E-state index contributed by atoms with van der Waals surface area (Å²) in [4.78, 5) is 26.4. The first kappa shape index (κ1) is 20.3. The van der Waals surface area contributed by atoms with Gasteiger partial charge in [-0.25, -0.2) is 18.4 Å². The van der Waals surface area contributed by atoms with E-state index in [-0.39, 0.29) is 5.91 Å². The summed E-state index contributed by atoms with van der Waals surface area (Å²) < 4.78 is 24.9. The lowest BCUT2D eigenvalue weighted by atomic mass is 10.2. The Balaban J connectivity index is 1.32. The molecule has 1 aliphatic rings. The van der Waals surface area contributed by atoms with Gasteiger partial charge < -0.3 is 9.80 Å². The van der Waals surface area contributed by atoms with Crippen LogP contribution >= 0.6 is 11.3 Å². The fourth-order valence-corrected chi connectivity index (χ4v) is 4.69. The molecule has 1 amide bonds. The van der Waals surface area contributed by atoms with Gasteiger partial charge in [0.1, 0.15) is 10.3 Å². The molecule has 3 aromatic rings. The van der Waals surface area contributed by atoms with Crippen LogP contribution < -0.4 is 9.62 Å². The summed E-state index contributed by atoms with van der Waals surface area (Å²) in [5.41, 5.74) is 2.21. The lowest BCUT2D eigenvalue weighted by molar-refractivity contribution is -0.126. The monoisotopic (exact) mass is 443 g/mol. The van der Waals surface area contributed by atoms with Crippen molar-refractivity contribution in [3.8, 4) is 0 Å². The molecule has 0 unspecified atom stereocenters. The molecule has 0 aliphatic carbocycles. The summed E-state index contributed by atoms with van der Waals surface area (Å²) in [6.45, 7) is 2.71. The number of fused-ring (bicyclic) bond motifs is 1. The van der Waals surface area contributed by atoms with Crippen LogP contribution in [0, 0.1) is 0 Å². The summed E-state index contributed by atoms with van der Waals surface area (Å²) in [6.07, 6.45) is 6.16. The number of sulfonamides is 1. The van der Waals surface area contributed by atoms with E-state index >= 15 is 0 Å². The first-order chi connectivity index (χ1) is 14.4. The molecule has 0 saturated carbocycles. The van der Waals surface area contributed by atoms with E-state index in [1.165, 1.54) is 0 Å². The average molecular weight is 444 g/mol.